The first-order chi connectivity index (χ1) is 13.8. The molecule has 158 valence electrons. The second kappa shape index (κ2) is 11.0. The Morgan fingerprint density at radius 3 is 1.31 bits per heavy atom. The second-order valence-electron chi connectivity index (χ2n) is 6.28. The monoisotopic (exact) mass is 438 g/mol. The van der Waals surface area contributed by atoms with Gasteiger partial charge in [-0.15, -0.1) is 14.0 Å². The summed E-state index contributed by atoms with van der Waals surface area (Å²) in [6.07, 6.45) is 0. The molecule has 0 aromatic carbocycles. The fraction of sp³-hybridized carbons (Fsp3) is 0.600. The Balaban J connectivity index is 4.12. The van der Waals surface area contributed by atoms with Gasteiger partial charge in [-0.25, -0.2) is 0 Å². The van der Waals surface area contributed by atoms with E-state index in [2.05, 4.69) is 14.0 Å². The average Bonchev–Trinajstić information content (AvgIpc) is 2.72. The normalized spacial score (nSPS) is 15.6. The zero-order valence-corrected chi connectivity index (χ0v) is 19.8. The zero-order valence-electron chi connectivity index (χ0n) is 18.1. The summed E-state index contributed by atoms with van der Waals surface area (Å²) in [5, 5.41) is 18.9. The van der Waals surface area contributed by atoms with Crippen molar-refractivity contribution in [2.24, 2.45) is 0 Å². The van der Waals surface area contributed by atoms with Crippen molar-refractivity contribution in [2.45, 2.75) is 41.5 Å². The summed E-state index contributed by atoms with van der Waals surface area (Å²) in [6.45, 7) is 15.9. The van der Waals surface area contributed by atoms with Gasteiger partial charge in [0.15, 0.2) is 0 Å². The minimum absolute atomic E-state index is 0.177. The maximum Gasteiger partial charge on any atom is 0.267 e. The molecular weight excluding hydrogens is 409 g/mol. The smallest absolute Gasteiger partial charge is 0.267 e. The van der Waals surface area contributed by atoms with Gasteiger partial charge in [0.05, 0.1) is 0 Å². The molecule has 0 N–H and O–H groups in total. The molecule has 0 aromatic rings. The van der Waals surface area contributed by atoms with Gasteiger partial charge in [0.25, 0.3) is 7.71 Å². The lowest BCUT2D eigenvalue weighted by Gasteiger charge is -2.47. The highest BCUT2D eigenvalue weighted by Gasteiger charge is 2.63. The van der Waals surface area contributed by atoms with E-state index >= 15 is 0 Å². The Morgan fingerprint density at radius 2 is 1.03 bits per heavy atom. The quantitative estimate of drug-likeness (QED) is 0.379. The molecule has 0 bridgehead atoms. The van der Waals surface area contributed by atoms with Crippen molar-refractivity contribution in [3.63, 3.8) is 0 Å². The standard InChI is InChI=1S/C20H30ClN5O2P/c1-7-24(8-2)29(25(9-3)10-4,26(11-5)12-6)20-17(21)18(27)15(13-22)16(14-23)19(20)28/h7-12H2,1-6H3/q+1. The van der Waals surface area contributed by atoms with E-state index in [9.17, 15) is 20.1 Å². The van der Waals surface area contributed by atoms with Crippen LogP contribution in [0.3, 0.4) is 0 Å². The predicted molar refractivity (Wildman–Crippen MR) is 117 cm³/mol. The van der Waals surface area contributed by atoms with Gasteiger partial charge < -0.3 is 0 Å². The summed E-state index contributed by atoms with van der Waals surface area (Å²) in [4.78, 5) is 26.5. The zero-order chi connectivity index (χ0) is 22.4. The number of carbonyl (C=O) groups is 2. The lowest BCUT2D eigenvalue weighted by molar-refractivity contribution is -0.115. The van der Waals surface area contributed by atoms with Crippen molar-refractivity contribution in [3.8, 4) is 12.1 Å². The van der Waals surface area contributed by atoms with E-state index in [1.165, 1.54) is 0 Å². The molecule has 0 heterocycles. The van der Waals surface area contributed by atoms with Crippen molar-refractivity contribution in [3.05, 3.63) is 21.5 Å². The predicted octanol–water partition coefficient (Wildman–Crippen LogP) is 3.72. The molecule has 29 heavy (non-hydrogen) atoms. The van der Waals surface area contributed by atoms with Crippen LogP contribution >= 0.6 is 19.3 Å². The minimum atomic E-state index is -2.76. The van der Waals surface area contributed by atoms with Crippen molar-refractivity contribution in [1.82, 2.24) is 14.0 Å². The Labute approximate surface area is 179 Å². The largest absolute Gasteiger partial charge is 0.287 e. The highest BCUT2D eigenvalue weighted by Crippen LogP contribution is 2.74. The molecule has 1 aliphatic rings. The van der Waals surface area contributed by atoms with Crippen LogP contribution in [0.25, 0.3) is 0 Å². The van der Waals surface area contributed by atoms with Gasteiger partial charge in [-0.2, -0.15) is 10.5 Å². The third-order valence-corrected chi connectivity index (χ3v) is 10.8. The van der Waals surface area contributed by atoms with Crippen LogP contribution in [0.5, 0.6) is 0 Å². The molecule has 9 heteroatoms. The van der Waals surface area contributed by atoms with Gasteiger partial charge >= 0.3 is 0 Å². The van der Waals surface area contributed by atoms with Crippen molar-refractivity contribution in [1.29, 1.82) is 10.5 Å². The molecule has 0 saturated carbocycles. The number of ketones is 2. The first-order valence-corrected chi connectivity index (χ1v) is 12.0. The highest BCUT2D eigenvalue weighted by molar-refractivity contribution is 7.74. The van der Waals surface area contributed by atoms with Crippen LogP contribution in [0.1, 0.15) is 41.5 Å². The highest BCUT2D eigenvalue weighted by atomic mass is 35.5. The number of halogens is 1. The number of allylic oxidation sites excluding steroid dienone is 4. The van der Waals surface area contributed by atoms with Crippen LogP contribution in [0.2, 0.25) is 0 Å². The van der Waals surface area contributed by atoms with Crippen LogP contribution in [-0.4, -0.2) is 64.8 Å². The van der Waals surface area contributed by atoms with Gasteiger partial charge in [0.1, 0.15) is 28.3 Å². The molecule has 1 aliphatic carbocycles. The number of carbonyl (C=O) groups excluding carboxylic acids is 2. The average molecular weight is 439 g/mol. The van der Waals surface area contributed by atoms with Crippen molar-refractivity contribution < 1.29 is 9.59 Å². The van der Waals surface area contributed by atoms with Gasteiger partial charge in [-0.1, -0.05) is 11.6 Å². The number of Topliss-reactive ketones (excluding diaryl/α,β-unsaturated/α-hetero) is 2. The fourth-order valence-electron chi connectivity index (χ4n) is 3.96. The van der Waals surface area contributed by atoms with Gasteiger partial charge in [-0.05, 0) is 41.5 Å². The Hall–Kier alpha value is -1.60. The van der Waals surface area contributed by atoms with Crippen LogP contribution in [-0.2, 0) is 9.59 Å². The first-order valence-electron chi connectivity index (χ1n) is 10.0. The summed E-state index contributed by atoms with van der Waals surface area (Å²) in [6, 6.07) is 3.49. The van der Waals surface area contributed by atoms with E-state index in [1.807, 2.05) is 41.5 Å². The fourth-order valence-corrected chi connectivity index (χ4v) is 9.52. The molecule has 0 atom stereocenters. The Kier molecular flexibility index (Phi) is 9.62. The Bertz CT molecular complexity index is 765. The molecule has 7 nitrogen and oxygen atoms in total. The number of rotatable bonds is 10. The lowest BCUT2D eigenvalue weighted by Crippen LogP contribution is -2.48. The third kappa shape index (κ3) is 4.04. The van der Waals surface area contributed by atoms with Crippen LogP contribution in [0.15, 0.2) is 21.5 Å². The summed E-state index contributed by atoms with van der Waals surface area (Å²) < 4.78 is 6.59. The minimum Gasteiger partial charge on any atom is -0.287 e. The van der Waals surface area contributed by atoms with E-state index in [1.54, 1.807) is 12.1 Å². The number of nitriles is 2. The maximum absolute atomic E-state index is 13.6. The number of nitrogens with zero attached hydrogens (tertiary/aromatic N) is 5. The van der Waals surface area contributed by atoms with E-state index < -0.39 is 30.4 Å². The first kappa shape index (κ1) is 25.4. The van der Waals surface area contributed by atoms with Crippen LogP contribution in [0.4, 0.5) is 0 Å². The summed E-state index contributed by atoms with van der Waals surface area (Å²) in [5.41, 5.74) is -0.879. The summed E-state index contributed by atoms with van der Waals surface area (Å²) >= 11 is 6.54. The maximum atomic E-state index is 13.6. The molecule has 0 amide bonds. The van der Waals surface area contributed by atoms with Gasteiger partial charge in [0, 0.05) is 39.3 Å². The Morgan fingerprint density at radius 1 is 0.724 bits per heavy atom. The van der Waals surface area contributed by atoms with Gasteiger partial charge in [-0.3, -0.25) is 9.59 Å². The SMILES string of the molecule is CCN(CC)[P+](C1=C(Cl)C(=O)C(C#N)=C(C#N)C1=O)(N(CC)CC)N(CC)CC. The van der Waals surface area contributed by atoms with E-state index in [4.69, 9.17) is 11.6 Å². The van der Waals surface area contributed by atoms with Crippen LogP contribution < -0.4 is 0 Å². The molecule has 0 radical (unpaired) electrons. The van der Waals surface area contributed by atoms with E-state index in [-0.39, 0.29) is 10.3 Å². The molecular formula is C20H30ClN5O2P+. The van der Waals surface area contributed by atoms with Crippen molar-refractivity contribution in [2.75, 3.05) is 39.3 Å². The summed E-state index contributed by atoms with van der Waals surface area (Å²) in [5.74, 6) is -1.34. The van der Waals surface area contributed by atoms with Crippen molar-refractivity contribution >= 4 is 30.9 Å². The molecule has 1 rings (SSSR count). The molecule has 0 unspecified atom stereocenters. The van der Waals surface area contributed by atoms with Gasteiger partial charge in [0.2, 0.25) is 16.9 Å². The van der Waals surface area contributed by atoms with E-state index in [0.717, 1.165) is 0 Å². The summed E-state index contributed by atoms with van der Waals surface area (Å²) in [7, 11) is -2.76. The molecule has 0 spiro atoms. The lowest BCUT2D eigenvalue weighted by atomic mass is 9.96. The second-order valence-corrected chi connectivity index (χ2v) is 9.94. The number of hydrogen-bond donors (Lipinski definition) is 0. The number of hydrogen-bond acceptors (Lipinski definition) is 7. The molecule has 0 aliphatic heterocycles. The molecule has 0 aromatic heterocycles. The topological polar surface area (TPSA) is 91.4 Å². The van der Waals surface area contributed by atoms with E-state index in [0.29, 0.717) is 39.3 Å². The molecule has 0 saturated heterocycles. The third-order valence-electron chi connectivity index (χ3n) is 5.22. The molecule has 0 fully saturated rings. The van der Waals surface area contributed by atoms with Crippen LogP contribution in [0, 0.1) is 22.7 Å².